The second-order valence-electron chi connectivity index (χ2n) is 6.51. The molecule has 24 heavy (non-hydrogen) atoms. The van der Waals surface area contributed by atoms with Crippen molar-refractivity contribution in [1.29, 1.82) is 0 Å². The second-order valence-corrected chi connectivity index (χ2v) is 8.07. The van der Waals surface area contributed by atoms with Crippen LogP contribution in [-0.2, 0) is 15.4 Å². The van der Waals surface area contributed by atoms with Crippen molar-refractivity contribution in [2.24, 2.45) is 5.14 Å². The summed E-state index contributed by atoms with van der Waals surface area (Å²) in [5, 5.41) is 17.3. The highest BCUT2D eigenvalue weighted by molar-refractivity contribution is 7.89. The Balaban J connectivity index is 2.27. The van der Waals surface area contributed by atoms with Gasteiger partial charge < -0.3 is 10.4 Å². The standard InChI is InChI=1S/C17H20N2O4S/c1-17(2,3)12-6-4-11(5-7-12)16(21)19-14-10-13(24(18,22)23)8-9-15(14)20/h4-10,20H,1-3H3,(H,19,21)(H2,18,22,23). The molecule has 0 saturated heterocycles. The molecule has 4 N–H and O–H groups in total. The summed E-state index contributed by atoms with van der Waals surface area (Å²) in [4.78, 5) is 12.1. The van der Waals surface area contributed by atoms with Gasteiger partial charge >= 0.3 is 0 Å². The van der Waals surface area contributed by atoms with Gasteiger partial charge in [0, 0.05) is 5.56 Å². The molecule has 0 heterocycles. The number of amides is 1. The van der Waals surface area contributed by atoms with E-state index in [2.05, 4.69) is 26.1 Å². The first kappa shape index (κ1) is 18.0. The van der Waals surface area contributed by atoms with Gasteiger partial charge in [-0.1, -0.05) is 32.9 Å². The lowest BCUT2D eigenvalue weighted by Crippen LogP contribution is -2.16. The molecule has 0 aliphatic rings. The SMILES string of the molecule is CC(C)(C)c1ccc(C(=O)Nc2cc(S(N)(=O)=O)ccc2O)cc1. The van der Waals surface area contributed by atoms with Crippen molar-refractivity contribution in [1.82, 2.24) is 0 Å². The van der Waals surface area contributed by atoms with Crippen LogP contribution in [0.3, 0.4) is 0 Å². The van der Waals surface area contributed by atoms with Crippen LogP contribution in [0.4, 0.5) is 5.69 Å². The Hall–Kier alpha value is -2.38. The van der Waals surface area contributed by atoms with E-state index in [0.717, 1.165) is 17.7 Å². The number of nitrogens with one attached hydrogen (secondary N) is 1. The molecular weight excluding hydrogens is 328 g/mol. The lowest BCUT2D eigenvalue weighted by atomic mass is 9.87. The number of rotatable bonds is 3. The summed E-state index contributed by atoms with van der Waals surface area (Å²) in [5.41, 5.74) is 1.42. The van der Waals surface area contributed by atoms with Crippen molar-refractivity contribution in [3.05, 3.63) is 53.6 Å². The largest absolute Gasteiger partial charge is 0.506 e. The second kappa shape index (κ2) is 6.26. The number of primary sulfonamides is 1. The zero-order chi connectivity index (χ0) is 18.1. The predicted molar refractivity (Wildman–Crippen MR) is 92.6 cm³/mol. The van der Waals surface area contributed by atoms with Gasteiger partial charge in [-0.3, -0.25) is 4.79 Å². The highest BCUT2D eigenvalue weighted by Crippen LogP contribution is 2.27. The third-order valence-corrected chi connectivity index (χ3v) is 4.47. The number of phenolic OH excluding ortho intramolecular Hbond substituents is 1. The molecule has 0 spiro atoms. The Morgan fingerprint density at radius 1 is 1.08 bits per heavy atom. The van der Waals surface area contributed by atoms with E-state index in [1.165, 1.54) is 6.07 Å². The van der Waals surface area contributed by atoms with Crippen LogP contribution in [0.15, 0.2) is 47.4 Å². The molecule has 128 valence electrons. The van der Waals surface area contributed by atoms with E-state index in [4.69, 9.17) is 5.14 Å². The Labute approximate surface area is 141 Å². The maximum absolute atomic E-state index is 12.3. The number of carbonyl (C=O) groups is 1. The average Bonchev–Trinajstić information content (AvgIpc) is 2.47. The summed E-state index contributed by atoms with van der Waals surface area (Å²) in [5.74, 6) is -0.709. The fraction of sp³-hybridized carbons (Fsp3) is 0.235. The fourth-order valence-electron chi connectivity index (χ4n) is 2.11. The number of carbonyl (C=O) groups excluding carboxylic acids is 1. The number of sulfonamides is 1. The summed E-state index contributed by atoms with van der Waals surface area (Å²) in [6.45, 7) is 6.20. The number of hydrogen-bond donors (Lipinski definition) is 3. The van der Waals surface area contributed by atoms with Crippen molar-refractivity contribution >= 4 is 21.6 Å². The van der Waals surface area contributed by atoms with Gasteiger partial charge in [0.2, 0.25) is 10.0 Å². The van der Waals surface area contributed by atoms with Crippen LogP contribution < -0.4 is 10.5 Å². The molecule has 0 radical (unpaired) electrons. The van der Waals surface area contributed by atoms with Crippen molar-refractivity contribution in [3.8, 4) is 5.75 Å². The molecule has 0 atom stereocenters. The van der Waals surface area contributed by atoms with Crippen molar-refractivity contribution in [2.45, 2.75) is 31.1 Å². The van der Waals surface area contributed by atoms with Gasteiger partial charge in [0.15, 0.2) is 0 Å². The van der Waals surface area contributed by atoms with Gasteiger partial charge in [0.1, 0.15) is 5.75 Å². The quantitative estimate of drug-likeness (QED) is 0.741. The molecule has 0 fully saturated rings. The van der Waals surface area contributed by atoms with Gasteiger partial charge in [0.05, 0.1) is 10.6 Å². The molecule has 0 aromatic heterocycles. The first-order valence-corrected chi connectivity index (χ1v) is 8.81. The fourth-order valence-corrected chi connectivity index (χ4v) is 2.65. The van der Waals surface area contributed by atoms with Crippen LogP contribution in [0.25, 0.3) is 0 Å². The molecule has 7 heteroatoms. The third-order valence-electron chi connectivity index (χ3n) is 3.56. The van der Waals surface area contributed by atoms with Crippen LogP contribution in [-0.4, -0.2) is 19.4 Å². The topological polar surface area (TPSA) is 109 Å². The normalized spacial score (nSPS) is 12.0. The third kappa shape index (κ3) is 4.12. The molecule has 0 bridgehead atoms. The molecule has 2 aromatic rings. The number of anilines is 1. The summed E-state index contributed by atoms with van der Waals surface area (Å²) in [6.07, 6.45) is 0. The monoisotopic (exact) mass is 348 g/mol. The zero-order valence-corrected chi connectivity index (χ0v) is 14.5. The zero-order valence-electron chi connectivity index (χ0n) is 13.7. The molecule has 0 aliphatic heterocycles. The van der Waals surface area contributed by atoms with Gasteiger partial charge in [0.25, 0.3) is 5.91 Å². The molecule has 1 amide bonds. The van der Waals surface area contributed by atoms with Crippen LogP contribution in [0.1, 0.15) is 36.7 Å². The smallest absolute Gasteiger partial charge is 0.255 e. The minimum Gasteiger partial charge on any atom is -0.506 e. The molecule has 2 rings (SSSR count). The summed E-state index contributed by atoms with van der Waals surface area (Å²) >= 11 is 0. The predicted octanol–water partition coefficient (Wildman–Crippen LogP) is 2.59. The number of aromatic hydroxyl groups is 1. The minimum atomic E-state index is -3.93. The van der Waals surface area contributed by atoms with E-state index in [9.17, 15) is 18.3 Å². The summed E-state index contributed by atoms with van der Waals surface area (Å²) in [7, 11) is -3.93. The van der Waals surface area contributed by atoms with E-state index < -0.39 is 15.9 Å². The van der Waals surface area contributed by atoms with Gasteiger partial charge in [-0.2, -0.15) is 0 Å². The maximum atomic E-state index is 12.3. The van der Waals surface area contributed by atoms with E-state index in [0.29, 0.717) is 5.56 Å². The first-order chi connectivity index (χ1) is 11.0. The molecule has 0 unspecified atom stereocenters. The number of hydrogen-bond acceptors (Lipinski definition) is 4. The van der Waals surface area contributed by atoms with Gasteiger partial charge in [-0.25, -0.2) is 13.6 Å². The first-order valence-electron chi connectivity index (χ1n) is 7.26. The minimum absolute atomic E-state index is 0.0218. The van der Waals surface area contributed by atoms with E-state index in [1.54, 1.807) is 12.1 Å². The van der Waals surface area contributed by atoms with E-state index in [1.807, 2.05) is 12.1 Å². The van der Waals surface area contributed by atoms with Crippen LogP contribution >= 0.6 is 0 Å². The van der Waals surface area contributed by atoms with Crippen LogP contribution in [0.2, 0.25) is 0 Å². The number of phenols is 1. The summed E-state index contributed by atoms with van der Waals surface area (Å²) < 4.78 is 22.7. The Bertz CT molecular complexity index is 866. The Kier molecular flexibility index (Phi) is 4.68. The van der Waals surface area contributed by atoms with E-state index in [-0.39, 0.29) is 21.7 Å². The lowest BCUT2D eigenvalue weighted by molar-refractivity contribution is 0.102. The lowest BCUT2D eigenvalue weighted by Gasteiger charge is -2.19. The van der Waals surface area contributed by atoms with Crippen molar-refractivity contribution in [2.75, 3.05) is 5.32 Å². The van der Waals surface area contributed by atoms with Crippen LogP contribution in [0, 0.1) is 0 Å². The molecule has 0 aliphatic carbocycles. The number of benzene rings is 2. The van der Waals surface area contributed by atoms with Gasteiger partial charge in [-0.15, -0.1) is 0 Å². The number of nitrogens with two attached hydrogens (primary N) is 1. The molecule has 0 saturated carbocycles. The molecular formula is C17H20N2O4S. The van der Waals surface area contributed by atoms with Crippen molar-refractivity contribution in [3.63, 3.8) is 0 Å². The molecule has 6 nitrogen and oxygen atoms in total. The Morgan fingerprint density at radius 3 is 2.17 bits per heavy atom. The summed E-state index contributed by atoms with van der Waals surface area (Å²) in [6, 6.07) is 10.5. The average molecular weight is 348 g/mol. The van der Waals surface area contributed by atoms with Gasteiger partial charge in [-0.05, 0) is 41.3 Å². The highest BCUT2D eigenvalue weighted by atomic mass is 32.2. The highest BCUT2D eigenvalue weighted by Gasteiger charge is 2.16. The molecule has 2 aromatic carbocycles. The van der Waals surface area contributed by atoms with Crippen molar-refractivity contribution < 1.29 is 18.3 Å². The van der Waals surface area contributed by atoms with Crippen LogP contribution in [0.5, 0.6) is 5.75 Å². The Morgan fingerprint density at radius 2 is 1.67 bits per heavy atom. The maximum Gasteiger partial charge on any atom is 0.255 e. The van der Waals surface area contributed by atoms with E-state index >= 15 is 0 Å².